The minimum atomic E-state index is -0.121. The van der Waals surface area contributed by atoms with Gasteiger partial charge in [0.05, 0.1) is 18.2 Å². The molecule has 7 heteroatoms. The van der Waals surface area contributed by atoms with Crippen molar-refractivity contribution in [2.75, 3.05) is 26.4 Å². The zero-order valence-corrected chi connectivity index (χ0v) is 14.3. The molecule has 1 aliphatic heterocycles. The molecule has 1 saturated heterocycles. The second-order valence-corrected chi connectivity index (χ2v) is 7.30. The number of amides is 1. The second kappa shape index (κ2) is 5.97. The number of carbonyl (C=O) groups excluding carboxylic acids is 1. The number of hydrogen-bond acceptors (Lipinski definition) is 6. The van der Waals surface area contributed by atoms with Crippen LogP contribution in [0.5, 0.6) is 0 Å². The minimum Gasteiger partial charge on any atom is -0.376 e. The van der Waals surface area contributed by atoms with E-state index in [0.717, 1.165) is 50.0 Å². The predicted octanol–water partition coefficient (Wildman–Crippen LogP) is 0.385. The second-order valence-electron chi connectivity index (χ2n) is 7.30. The topological polar surface area (TPSA) is 93.4 Å². The first-order valence-electron chi connectivity index (χ1n) is 8.80. The first kappa shape index (κ1) is 15.8. The average Bonchev–Trinajstić information content (AvgIpc) is 2.94. The van der Waals surface area contributed by atoms with Crippen LogP contribution >= 0.6 is 0 Å². The number of nitrogens with one attached hydrogen (secondary N) is 1. The monoisotopic (exact) mass is 331 g/mol. The van der Waals surface area contributed by atoms with Crippen molar-refractivity contribution in [2.24, 2.45) is 5.92 Å². The number of carbonyl (C=O) groups is 1. The van der Waals surface area contributed by atoms with Crippen LogP contribution in [0.2, 0.25) is 0 Å². The third-order valence-corrected chi connectivity index (χ3v) is 5.66. The number of aryl methyl sites for hydroxylation is 1. The molecule has 3 N–H and O–H groups in total. The Kier molecular flexibility index (Phi) is 3.92. The van der Waals surface area contributed by atoms with Gasteiger partial charge in [-0.05, 0) is 46.2 Å². The van der Waals surface area contributed by atoms with Crippen LogP contribution in [-0.2, 0) is 17.6 Å². The van der Waals surface area contributed by atoms with Crippen molar-refractivity contribution in [2.45, 2.75) is 50.3 Å². The summed E-state index contributed by atoms with van der Waals surface area (Å²) < 4.78 is 5.81. The van der Waals surface area contributed by atoms with Crippen molar-refractivity contribution in [1.82, 2.24) is 20.2 Å². The molecule has 0 bridgehead atoms. The molecule has 0 unspecified atom stereocenters. The maximum Gasteiger partial charge on any atom is 0.270 e. The van der Waals surface area contributed by atoms with Crippen LogP contribution in [0, 0.1) is 5.92 Å². The maximum absolute atomic E-state index is 12.9. The third-order valence-electron chi connectivity index (χ3n) is 5.66. The Morgan fingerprint density at radius 2 is 2.08 bits per heavy atom. The summed E-state index contributed by atoms with van der Waals surface area (Å²) in [7, 11) is 4.07. The predicted molar refractivity (Wildman–Crippen MR) is 89.7 cm³/mol. The molecule has 1 aromatic heterocycles. The number of likely N-dealkylation sites (N-methyl/N-ethyl adjacent to an activating group) is 1. The third kappa shape index (κ3) is 2.46. The quantitative estimate of drug-likeness (QED) is 0.832. The van der Waals surface area contributed by atoms with E-state index < -0.39 is 0 Å². The fourth-order valence-corrected chi connectivity index (χ4v) is 4.50. The van der Waals surface area contributed by atoms with E-state index in [-0.39, 0.29) is 30.0 Å². The SMILES string of the molecule is CN(C)[C@@H]1[C@@H](NC(=O)c2nc(N)nc3c2CCCC3)[C@H]2CCO[C@H]21. The first-order chi connectivity index (χ1) is 11.6. The molecule has 2 aliphatic carbocycles. The molecule has 0 aromatic carbocycles. The Labute approximate surface area is 142 Å². The van der Waals surface area contributed by atoms with Gasteiger partial charge in [0, 0.05) is 23.8 Å². The van der Waals surface area contributed by atoms with Crippen LogP contribution in [0.3, 0.4) is 0 Å². The number of nitrogens with two attached hydrogens (primary N) is 1. The molecule has 24 heavy (non-hydrogen) atoms. The Morgan fingerprint density at radius 1 is 1.29 bits per heavy atom. The molecule has 1 aromatic rings. The maximum atomic E-state index is 12.9. The largest absolute Gasteiger partial charge is 0.376 e. The lowest BCUT2D eigenvalue weighted by Gasteiger charge is -2.50. The van der Waals surface area contributed by atoms with Crippen LogP contribution in [0.25, 0.3) is 0 Å². The Bertz CT molecular complexity index is 663. The van der Waals surface area contributed by atoms with Crippen molar-refractivity contribution >= 4 is 11.9 Å². The lowest BCUT2D eigenvalue weighted by molar-refractivity contribution is -0.0664. The Balaban J connectivity index is 1.57. The Hall–Kier alpha value is -1.73. The van der Waals surface area contributed by atoms with Crippen LogP contribution < -0.4 is 11.1 Å². The minimum absolute atomic E-state index is 0.107. The summed E-state index contributed by atoms with van der Waals surface area (Å²) in [6, 6.07) is 0.326. The number of nitrogens with zero attached hydrogens (tertiary/aromatic N) is 3. The van der Waals surface area contributed by atoms with E-state index in [1.807, 2.05) is 14.1 Å². The van der Waals surface area contributed by atoms with Gasteiger partial charge in [0.15, 0.2) is 0 Å². The molecule has 2 heterocycles. The van der Waals surface area contributed by atoms with Crippen LogP contribution in [0.15, 0.2) is 0 Å². The summed E-state index contributed by atoms with van der Waals surface area (Å²) in [6.07, 6.45) is 5.14. The molecule has 2 fully saturated rings. The highest BCUT2D eigenvalue weighted by molar-refractivity contribution is 5.94. The van der Waals surface area contributed by atoms with Gasteiger partial charge in [0.1, 0.15) is 5.69 Å². The number of anilines is 1. The normalized spacial score (nSPS) is 31.3. The van der Waals surface area contributed by atoms with Crippen LogP contribution in [-0.4, -0.2) is 59.7 Å². The van der Waals surface area contributed by atoms with E-state index in [4.69, 9.17) is 10.5 Å². The number of hydrogen-bond donors (Lipinski definition) is 2. The number of ether oxygens (including phenoxy) is 1. The molecular weight excluding hydrogens is 306 g/mol. The molecule has 3 aliphatic rings. The van der Waals surface area contributed by atoms with Gasteiger partial charge in [-0.25, -0.2) is 9.97 Å². The van der Waals surface area contributed by atoms with Gasteiger partial charge in [0.25, 0.3) is 5.91 Å². The number of nitrogen functional groups attached to an aromatic ring is 1. The Morgan fingerprint density at radius 3 is 2.88 bits per heavy atom. The van der Waals surface area contributed by atoms with E-state index in [2.05, 4.69) is 20.2 Å². The highest BCUT2D eigenvalue weighted by Crippen LogP contribution is 2.41. The lowest BCUT2D eigenvalue weighted by atomic mass is 9.71. The summed E-state index contributed by atoms with van der Waals surface area (Å²) in [5.74, 6) is 0.474. The van der Waals surface area contributed by atoms with Gasteiger partial charge < -0.3 is 20.7 Å². The summed E-state index contributed by atoms with van der Waals surface area (Å²) in [5, 5.41) is 3.21. The molecule has 130 valence electrons. The summed E-state index contributed by atoms with van der Waals surface area (Å²) in [6.45, 7) is 0.780. The zero-order chi connectivity index (χ0) is 16.8. The molecule has 0 radical (unpaired) electrons. The molecule has 1 saturated carbocycles. The highest BCUT2D eigenvalue weighted by Gasteiger charge is 2.55. The fourth-order valence-electron chi connectivity index (χ4n) is 4.50. The highest BCUT2D eigenvalue weighted by atomic mass is 16.5. The zero-order valence-electron chi connectivity index (χ0n) is 14.3. The summed E-state index contributed by atoms with van der Waals surface area (Å²) in [5.41, 5.74) is 8.22. The molecule has 4 rings (SSSR count). The van der Waals surface area contributed by atoms with Crippen molar-refractivity contribution in [3.63, 3.8) is 0 Å². The number of fused-ring (bicyclic) bond motifs is 2. The molecule has 1 amide bonds. The molecule has 0 spiro atoms. The number of rotatable bonds is 3. The van der Waals surface area contributed by atoms with Gasteiger partial charge in [0.2, 0.25) is 5.95 Å². The van der Waals surface area contributed by atoms with Gasteiger partial charge in [-0.15, -0.1) is 0 Å². The van der Waals surface area contributed by atoms with Gasteiger partial charge in [-0.2, -0.15) is 0 Å². The summed E-state index contributed by atoms with van der Waals surface area (Å²) in [4.78, 5) is 23.6. The molecule has 7 nitrogen and oxygen atoms in total. The van der Waals surface area contributed by atoms with Crippen LogP contribution in [0.1, 0.15) is 41.0 Å². The van der Waals surface area contributed by atoms with Gasteiger partial charge >= 0.3 is 0 Å². The van der Waals surface area contributed by atoms with E-state index in [1.165, 1.54) is 0 Å². The van der Waals surface area contributed by atoms with Crippen molar-refractivity contribution < 1.29 is 9.53 Å². The standard InChI is InChI=1S/C17H25N5O2/c1-22(2)14-12(10-7-8-24-15(10)14)20-16(23)13-9-5-3-4-6-11(9)19-17(18)21-13/h10,12,14-15H,3-8H2,1-2H3,(H,20,23)(H2,18,19,21)/t10-,12+,14-,15-/m1/s1. The lowest BCUT2D eigenvalue weighted by Crippen LogP contribution is -2.69. The van der Waals surface area contributed by atoms with E-state index in [0.29, 0.717) is 11.6 Å². The average molecular weight is 331 g/mol. The van der Waals surface area contributed by atoms with E-state index in [1.54, 1.807) is 0 Å². The fraction of sp³-hybridized carbons (Fsp3) is 0.706. The van der Waals surface area contributed by atoms with Gasteiger partial charge in [-0.1, -0.05) is 0 Å². The van der Waals surface area contributed by atoms with Crippen LogP contribution in [0.4, 0.5) is 5.95 Å². The van der Waals surface area contributed by atoms with Gasteiger partial charge in [-0.3, -0.25) is 4.79 Å². The first-order valence-corrected chi connectivity index (χ1v) is 8.80. The van der Waals surface area contributed by atoms with Crippen molar-refractivity contribution in [1.29, 1.82) is 0 Å². The van der Waals surface area contributed by atoms with Crippen molar-refractivity contribution in [3.05, 3.63) is 17.0 Å². The molecular formula is C17H25N5O2. The molecule has 4 atom stereocenters. The number of aromatic nitrogens is 2. The van der Waals surface area contributed by atoms with Crippen molar-refractivity contribution in [3.8, 4) is 0 Å². The summed E-state index contributed by atoms with van der Waals surface area (Å²) >= 11 is 0. The van der Waals surface area contributed by atoms with E-state index in [9.17, 15) is 4.79 Å². The van der Waals surface area contributed by atoms with E-state index >= 15 is 0 Å². The smallest absolute Gasteiger partial charge is 0.270 e.